The molecule has 0 aromatic heterocycles. The van der Waals surface area contributed by atoms with Gasteiger partial charge < -0.3 is 9.64 Å². The molecule has 0 aliphatic heterocycles. The fourth-order valence-electron chi connectivity index (χ4n) is 2.01. The SMILES string of the molecule is CN(CCOc1ccc(Br)cc1)c1ccc([N+](=O)[O-])cc1C#N. The maximum Gasteiger partial charge on any atom is 0.270 e. The van der Waals surface area contributed by atoms with Crippen LogP contribution in [0.15, 0.2) is 46.9 Å². The summed E-state index contributed by atoms with van der Waals surface area (Å²) < 4.78 is 6.61. The molecule has 0 N–H and O–H groups in total. The van der Waals surface area contributed by atoms with Gasteiger partial charge in [-0.2, -0.15) is 5.26 Å². The van der Waals surface area contributed by atoms with Gasteiger partial charge in [-0.05, 0) is 30.3 Å². The van der Waals surface area contributed by atoms with Gasteiger partial charge >= 0.3 is 0 Å². The predicted octanol–water partition coefficient (Wildman–Crippen LogP) is 3.74. The van der Waals surface area contributed by atoms with Crippen LogP contribution < -0.4 is 9.64 Å². The van der Waals surface area contributed by atoms with Crippen molar-refractivity contribution in [2.75, 3.05) is 25.1 Å². The Morgan fingerprint density at radius 3 is 2.61 bits per heavy atom. The highest BCUT2D eigenvalue weighted by Crippen LogP contribution is 2.24. The summed E-state index contributed by atoms with van der Waals surface area (Å²) in [4.78, 5) is 12.1. The van der Waals surface area contributed by atoms with Gasteiger partial charge in [0.25, 0.3) is 5.69 Å². The van der Waals surface area contributed by atoms with Crippen molar-refractivity contribution in [3.8, 4) is 11.8 Å². The standard InChI is InChI=1S/C16H14BrN3O3/c1-19(8-9-23-15-5-2-13(17)3-6-15)16-7-4-14(20(21)22)10-12(16)11-18/h2-7,10H,8-9H2,1H3. The highest BCUT2D eigenvalue weighted by Gasteiger charge is 2.13. The van der Waals surface area contributed by atoms with E-state index >= 15 is 0 Å². The molecule has 6 nitrogen and oxygen atoms in total. The summed E-state index contributed by atoms with van der Waals surface area (Å²) in [7, 11) is 1.81. The number of likely N-dealkylation sites (N-methyl/N-ethyl adjacent to an activating group) is 1. The van der Waals surface area contributed by atoms with Crippen LogP contribution >= 0.6 is 15.9 Å². The van der Waals surface area contributed by atoms with Crippen molar-refractivity contribution in [2.45, 2.75) is 0 Å². The van der Waals surface area contributed by atoms with Crippen LogP contribution in [0.4, 0.5) is 11.4 Å². The Labute approximate surface area is 142 Å². The lowest BCUT2D eigenvalue weighted by atomic mass is 10.1. The molecule has 0 heterocycles. The number of nitriles is 1. The number of nitrogens with zero attached hydrogens (tertiary/aromatic N) is 3. The van der Waals surface area contributed by atoms with Crippen molar-refractivity contribution >= 4 is 27.3 Å². The maximum atomic E-state index is 10.8. The molecule has 2 aromatic rings. The minimum atomic E-state index is -0.513. The fourth-order valence-corrected chi connectivity index (χ4v) is 2.28. The molecule has 0 radical (unpaired) electrons. The molecular weight excluding hydrogens is 362 g/mol. The smallest absolute Gasteiger partial charge is 0.270 e. The lowest BCUT2D eigenvalue weighted by Gasteiger charge is -2.20. The van der Waals surface area contributed by atoms with Gasteiger partial charge in [0.2, 0.25) is 0 Å². The van der Waals surface area contributed by atoms with Crippen LogP contribution in [0.25, 0.3) is 0 Å². The number of hydrogen-bond acceptors (Lipinski definition) is 5. The molecule has 23 heavy (non-hydrogen) atoms. The molecule has 118 valence electrons. The van der Waals surface area contributed by atoms with Crippen LogP contribution in [0, 0.1) is 21.4 Å². The first kappa shape index (κ1) is 16.8. The summed E-state index contributed by atoms with van der Waals surface area (Å²) in [5, 5.41) is 19.9. The third kappa shape index (κ3) is 4.44. The van der Waals surface area contributed by atoms with E-state index < -0.39 is 4.92 Å². The van der Waals surface area contributed by atoms with Crippen LogP contribution in [0.2, 0.25) is 0 Å². The van der Waals surface area contributed by atoms with Crippen molar-refractivity contribution in [3.63, 3.8) is 0 Å². The predicted molar refractivity (Wildman–Crippen MR) is 90.7 cm³/mol. The van der Waals surface area contributed by atoms with Crippen LogP contribution in [-0.2, 0) is 0 Å². The Hall–Kier alpha value is -2.59. The fraction of sp³-hybridized carbons (Fsp3) is 0.188. The van der Waals surface area contributed by atoms with Crippen LogP contribution in [0.3, 0.4) is 0 Å². The van der Waals surface area contributed by atoms with Crippen molar-refractivity contribution in [3.05, 3.63) is 62.6 Å². The van der Waals surface area contributed by atoms with Crippen molar-refractivity contribution in [2.24, 2.45) is 0 Å². The molecular formula is C16H14BrN3O3. The van der Waals surface area contributed by atoms with E-state index in [0.717, 1.165) is 10.2 Å². The van der Waals surface area contributed by atoms with E-state index in [4.69, 9.17) is 10.00 Å². The largest absolute Gasteiger partial charge is 0.492 e. The topological polar surface area (TPSA) is 79.4 Å². The molecule has 0 aliphatic rings. The molecule has 0 aliphatic carbocycles. The Morgan fingerprint density at radius 1 is 1.30 bits per heavy atom. The Bertz CT molecular complexity index is 741. The highest BCUT2D eigenvalue weighted by atomic mass is 79.9. The number of hydrogen-bond donors (Lipinski definition) is 0. The summed E-state index contributed by atoms with van der Waals surface area (Å²) in [5.41, 5.74) is 0.813. The second-order valence-electron chi connectivity index (χ2n) is 4.79. The summed E-state index contributed by atoms with van der Waals surface area (Å²) in [6, 6.07) is 13.7. The number of nitro groups is 1. The van der Waals surface area contributed by atoms with Crippen molar-refractivity contribution < 1.29 is 9.66 Å². The van der Waals surface area contributed by atoms with E-state index in [-0.39, 0.29) is 11.3 Å². The lowest BCUT2D eigenvalue weighted by Crippen LogP contribution is -2.24. The molecule has 0 bridgehead atoms. The normalized spacial score (nSPS) is 9.96. The third-order valence-electron chi connectivity index (χ3n) is 3.23. The minimum absolute atomic E-state index is 0.0928. The van der Waals surface area contributed by atoms with E-state index in [1.165, 1.54) is 12.1 Å². The number of non-ortho nitro benzene ring substituents is 1. The number of ether oxygens (including phenoxy) is 1. The van der Waals surface area contributed by atoms with E-state index in [0.29, 0.717) is 18.8 Å². The van der Waals surface area contributed by atoms with Gasteiger partial charge in [0, 0.05) is 23.7 Å². The first-order chi connectivity index (χ1) is 11.0. The van der Waals surface area contributed by atoms with Gasteiger partial charge in [0.05, 0.1) is 22.7 Å². The lowest BCUT2D eigenvalue weighted by molar-refractivity contribution is -0.384. The van der Waals surface area contributed by atoms with Gasteiger partial charge in [0.1, 0.15) is 18.4 Å². The molecule has 0 saturated heterocycles. The van der Waals surface area contributed by atoms with Gasteiger partial charge in [0.15, 0.2) is 0 Å². The van der Waals surface area contributed by atoms with Crippen LogP contribution in [-0.4, -0.2) is 25.1 Å². The number of anilines is 1. The monoisotopic (exact) mass is 375 g/mol. The summed E-state index contributed by atoms with van der Waals surface area (Å²) >= 11 is 3.36. The molecule has 0 unspecified atom stereocenters. The average Bonchev–Trinajstić information content (AvgIpc) is 2.55. The zero-order valence-corrected chi connectivity index (χ0v) is 14.0. The Morgan fingerprint density at radius 2 is 2.00 bits per heavy atom. The average molecular weight is 376 g/mol. The van der Waals surface area contributed by atoms with Gasteiger partial charge in [-0.25, -0.2) is 0 Å². The van der Waals surface area contributed by atoms with Gasteiger partial charge in [-0.1, -0.05) is 15.9 Å². The second kappa shape index (κ2) is 7.61. The van der Waals surface area contributed by atoms with Crippen molar-refractivity contribution in [1.29, 1.82) is 5.26 Å². The molecule has 0 fully saturated rings. The molecule has 0 atom stereocenters. The molecule has 2 rings (SSSR count). The van der Waals surface area contributed by atoms with Crippen LogP contribution in [0.1, 0.15) is 5.56 Å². The summed E-state index contributed by atoms with van der Waals surface area (Å²) in [6.45, 7) is 0.975. The van der Waals surface area contributed by atoms with Crippen LogP contribution in [0.5, 0.6) is 5.75 Å². The van der Waals surface area contributed by atoms with Gasteiger partial charge in [-0.15, -0.1) is 0 Å². The summed E-state index contributed by atoms with van der Waals surface area (Å²) in [5.74, 6) is 0.755. The number of nitro benzene ring substituents is 1. The first-order valence-electron chi connectivity index (χ1n) is 6.79. The first-order valence-corrected chi connectivity index (χ1v) is 7.58. The molecule has 0 amide bonds. The van der Waals surface area contributed by atoms with E-state index in [1.807, 2.05) is 42.3 Å². The Balaban J connectivity index is 2.00. The Kier molecular flexibility index (Phi) is 5.55. The zero-order chi connectivity index (χ0) is 16.8. The molecule has 0 saturated carbocycles. The van der Waals surface area contributed by atoms with E-state index in [9.17, 15) is 10.1 Å². The highest BCUT2D eigenvalue weighted by molar-refractivity contribution is 9.10. The van der Waals surface area contributed by atoms with E-state index in [2.05, 4.69) is 15.9 Å². The number of benzene rings is 2. The molecule has 2 aromatic carbocycles. The quantitative estimate of drug-likeness (QED) is 0.567. The maximum absolute atomic E-state index is 10.8. The third-order valence-corrected chi connectivity index (χ3v) is 3.76. The minimum Gasteiger partial charge on any atom is -0.492 e. The molecule has 7 heteroatoms. The molecule has 0 spiro atoms. The number of halogens is 1. The van der Waals surface area contributed by atoms with Crippen molar-refractivity contribution in [1.82, 2.24) is 0 Å². The van der Waals surface area contributed by atoms with Gasteiger partial charge in [-0.3, -0.25) is 10.1 Å². The summed E-state index contributed by atoms with van der Waals surface area (Å²) in [6.07, 6.45) is 0. The second-order valence-corrected chi connectivity index (χ2v) is 5.71. The number of rotatable bonds is 6. The zero-order valence-electron chi connectivity index (χ0n) is 12.4. The van der Waals surface area contributed by atoms with E-state index in [1.54, 1.807) is 6.07 Å².